The van der Waals surface area contributed by atoms with Crippen LogP contribution in [0.25, 0.3) is 0 Å². The lowest BCUT2D eigenvalue weighted by atomic mass is 10.0. The van der Waals surface area contributed by atoms with Gasteiger partial charge < -0.3 is 19.1 Å². The van der Waals surface area contributed by atoms with Crippen molar-refractivity contribution >= 4 is 29.9 Å². The Balaban J connectivity index is 1.55. The van der Waals surface area contributed by atoms with Gasteiger partial charge in [0.1, 0.15) is 59.1 Å². The van der Waals surface area contributed by atoms with Crippen LogP contribution in [-0.2, 0) is 27.2 Å². The van der Waals surface area contributed by atoms with Crippen molar-refractivity contribution in [2.45, 2.75) is 31.9 Å². The highest BCUT2D eigenvalue weighted by molar-refractivity contribution is 6.01. The number of anilines is 2. The molecule has 4 heterocycles. The van der Waals surface area contributed by atoms with E-state index in [4.69, 9.17) is 14.2 Å². The van der Waals surface area contributed by atoms with E-state index in [1.807, 2.05) is 23.0 Å². The number of nitrogens with zero attached hydrogens (tertiary/aromatic N) is 5. The molecule has 2 amide bonds. The number of nitriles is 1. The second kappa shape index (κ2) is 12.3. The largest absolute Gasteiger partial charge is 0.490 e. The third kappa shape index (κ3) is 5.65. The number of nitrogens with one attached hydrogen (secondary N) is 1. The maximum absolute atomic E-state index is 13.2. The van der Waals surface area contributed by atoms with Crippen LogP contribution in [-0.4, -0.2) is 79.8 Å². The summed E-state index contributed by atoms with van der Waals surface area (Å²) < 4.78 is 15.9. The molecule has 38 heavy (non-hydrogen) atoms. The minimum Gasteiger partial charge on any atom is -0.490 e. The number of carbonyl (C=O) groups excluding carboxylic acids is 3. The highest BCUT2D eigenvalue weighted by atomic mass is 16.5. The van der Waals surface area contributed by atoms with E-state index in [1.165, 1.54) is 17.2 Å². The Morgan fingerprint density at radius 2 is 2.13 bits per heavy atom. The van der Waals surface area contributed by atoms with Crippen LogP contribution < -0.4 is 15.0 Å². The van der Waals surface area contributed by atoms with Crippen molar-refractivity contribution in [3.63, 3.8) is 0 Å². The van der Waals surface area contributed by atoms with Crippen molar-refractivity contribution in [1.82, 2.24) is 14.9 Å². The number of amides is 2. The normalized spacial score (nSPS) is 16.4. The van der Waals surface area contributed by atoms with Crippen LogP contribution in [0.15, 0.2) is 24.0 Å². The number of rotatable bonds is 9. The molecule has 12 heteroatoms. The molecule has 1 saturated heterocycles. The molecule has 0 bridgehead atoms. The Morgan fingerprint density at radius 1 is 1.29 bits per heavy atom. The second-order valence-electron chi connectivity index (χ2n) is 8.76. The summed E-state index contributed by atoms with van der Waals surface area (Å²) in [5.41, 5.74) is 2.33. The molecule has 2 aliphatic heterocycles. The van der Waals surface area contributed by atoms with E-state index in [0.717, 1.165) is 5.56 Å². The second-order valence-corrected chi connectivity index (χ2v) is 8.76. The molecule has 1 fully saturated rings. The maximum Gasteiger partial charge on any atom is 0.328 e. The number of carbonyl (C=O) groups is 2. The number of hydrogen-bond donors (Lipinski definition) is 1. The Kier molecular flexibility index (Phi) is 8.66. The van der Waals surface area contributed by atoms with Crippen LogP contribution in [0.3, 0.4) is 0 Å². The highest BCUT2D eigenvalue weighted by Crippen LogP contribution is 2.31. The van der Waals surface area contributed by atoms with Gasteiger partial charge in [0.05, 0.1) is 12.8 Å². The van der Waals surface area contributed by atoms with Crippen molar-refractivity contribution < 1.29 is 28.6 Å². The minimum absolute atomic E-state index is 0.194. The molecule has 0 aliphatic carbocycles. The van der Waals surface area contributed by atoms with E-state index in [-0.39, 0.29) is 35.5 Å². The molecule has 2 aromatic rings. The number of pyridine rings is 2. The molecule has 2 aromatic heterocycles. The van der Waals surface area contributed by atoms with Gasteiger partial charge in [-0.05, 0) is 30.9 Å². The lowest BCUT2D eigenvalue weighted by Crippen LogP contribution is -2.40. The first-order chi connectivity index (χ1) is 18.5. The van der Waals surface area contributed by atoms with Gasteiger partial charge in [0.2, 0.25) is 0 Å². The van der Waals surface area contributed by atoms with E-state index in [2.05, 4.69) is 15.3 Å². The molecule has 0 radical (unpaired) electrons. The third-order valence-corrected chi connectivity index (χ3v) is 6.45. The molecule has 1 N–H and O–H groups in total. The number of hydrogen-bond acceptors (Lipinski definition) is 10. The SMILES string of the molecule is COCCOc1cc(NC(=O)N2CCCc3cc(CN4CC[C@H](OC)C4=C=O)c(C=O)nc32)ncc1C#N. The van der Waals surface area contributed by atoms with Crippen LogP contribution in [0.2, 0.25) is 0 Å². The fourth-order valence-corrected chi connectivity index (χ4v) is 4.57. The first-order valence-electron chi connectivity index (χ1n) is 12.1. The van der Waals surface area contributed by atoms with Crippen LogP contribution >= 0.6 is 0 Å². The minimum atomic E-state index is -0.475. The summed E-state index contributed by atoms with van der Waals surface area (Å²) in [4.78, 5) is 48.7. The van der Waals surface area contributed by atoms with Gasteiger partial charge in [-0.3, -0.25) is 15.0 Å². The van der Waals surface area contributed by atoms with Crippen molar-refractivity contribution in [1.29, 1.82) is 5.26 Å². The molecule has 0 unspecified atom stereocenters. The van der Waals surface area contributed by atoms with Gasteiger partial charge in [0, 0.05) is 45.5 Å². The zero-order valence-electron chi connectivity index (χ0n) is 21.2. The average molecular weight is 521 g/mol. The van der Waals surface area contributed by atoms with E-state index in [1.54, 1.807) is 14.2 Å². The van der Waals surface area contributed by atoms with Gasteiger partial charge in [-0.25, -0.2) is 19.6 Å². The summed E-state index contributed by atoms with van der Waals surface area (Å²) in [6.45, 7) is 1.88. The number of fused-ring (bicyclic) bond motifs is 1. The molecule has 0 saturated carbocycles. The molecule has 12 nitrogen and oxygen atoms in total. The number of aromatic nitrogens is 2. The standard InChI is InChI=1S/C26H28N6O6/c1-36-8-9-38-23-11-24(28-13-19(23)12-27)30-26(35)32-6-3-4-17-10-18(20(15-33)29-25(17)32)14-31-7-5-22(37-2)21(31)16-34/h10-11,13,15,22H,3-9,14H2,1-2H3,(H,28,30,35)/t22-/m0/s1. The predicted octanol–water partition coefficient (Wildman–Crippen LogP) is 2.11. The number of aryl methyl sites for hydroxylation is 1. The number of ether oxygens (including phenoxy) is 3. The number of methoxy groups -OCH3 is 2. The van der Waals surface area contributed by atoms with Crippen LogP contribution in [0.5, 0.6) is 5.75 Å². The van der Waals surface area contributed by atoms with Crippen LogP contribution in [0, 0.1) is 11.3 Å². The average Bonchev–Trinajstić information content (AvgIpc) is 3.34. The summed E-state index contributed by atoms with van der Waals surface area (Å²) >= 11 is 0. The van der Waals surface area contributed by atoms with Crippen molar-refractivity contribution in [2.24, 2.45) is 0 Å². The van der Waals surface area contributed by atoms with Gasteiger partial charge in [0.15, 0.2) is 6.29 Å². The molecule has 198 valence electrons. The van der Waals surface area contributed by atoms with Crippen molar-refractivity contribution in [3.8, 4) is 11.8 Å². The zero-order valence-corrected chi connectivity index (χ0v) is 21.2. The van der Waals surface area contributed by atoms with Crippen molar-refractivity contribution in [3.05, 3.63) is 46.4 Å². The lowest BCUT2D eigenvalue weighted by Gasteiger charge is -2.29. The van der Waals surface area contributed by atoms with Crippen LogP contribution in [0.1, 0.15) is 40.0 Å². The monoisotopic (exact) mass is 520 g/mol. The van der Waals surface area contributed by atoms with Gasteiger partial charge in [-0.2, -0.15) is 5.26 Å². The number of likely N-dealkylation sites (tertiary alicyclic amines) is 1. The Hall–Kier alpha value is -4.30. The molecular weight excluding hydrogens is 492 g/mol. The summed E-state index contributed by atoms with van der Waals surface area (Å²) in [6, 6.07) is 4.88. The lowest BCUT2D eigenvalue weighted by molar-refractivity contribution is 0.111. The zero-order chi connectivity index (χ0) is 27.1. The number of aldehydes is 1. The van der Waals surface area contributed by atoms with Crippen molar-refractivity contribution in [2.75, 3.05) is 50.7 Å². The first kappa shape index (κ1) is 26.8. The molecule has 1 atom stereocenters. The Bertz CT molecular complexity index is 1300. The highest BCUT2D eigenvalue weighted by Gasteiger charge is 2.31. The topological polar surface area (TPSA) is 147 Å². The van der Waals surface area contributed by atoms with E-state index in [0.29, 0.717) is 68.9 Å². The fraction of sp³-hybridized carbons (Fsp3) is 0.423. The first-order valence-corrected chi connectivity index (χ1v) is 12.1. The molecule has 4 rings (SSSR count). The van der Waals surface area contributed by atoms with E-state index >= 15 is 0 Å². The van der Waals surface area contributed by atoms with Gasteiger partial charge in [0.25, 0.3) is 0 Å². The van der Waals surface area contributed by atoms with E-state index < -0.39 is 6.03 Å². The predicted molar refractivity (Wildman–Crippen MR) is 136 cm³/mol. The third-order valence-electron chi connectivity index (χ3n) is 6.45. The Morgan fingerprint density at radius 3 is 2.84 bits per heavy atom. The van der Waals surface area contributed by atoms with Gasteiger partial charge in [-0.15, -0.1) is 0 Å². The molecule has 2 aliphatic rings. The summed E-state index contributed by atoms with van der Waals surface area (Å²) in [5, 5.41) is 12.0. The molecule has 0 spiro atoms. The molecule has 0 aromatic carbocycles. The summed E-state index contributed by atoms with van der Waals surface area (Å²) in [6.07, 6.45) is 3.70. The van der Waals surface area contributed by atoms with Crippen LogP contribution in [0.4, 0.5) is 16.4 Å². The fourth-order valence-electron chi connectivity index (χ4n) is 4.57. The van der Waals surface area contributed by atoms with Gasteiger partial charge in [-0.1, -0.05) is 0 Å². The molecular formula is C26H28N6O6. The quantitative estimate of drug-likeness (QED) is 0.296. The number of urea groups is 1. The maximum atomic E-state index is 13.2. The summed E-state index contributed by atoms with van der Waals surface area (Å²) in [7, 11) is 3.09. The van der Waals surface area contributed by atoms with E-state index in [9.17, 15) is 19.6 Å². The van der Waals surface area contributed by atoms with Gasteiger partial charge >= 0.3 is 6.03 Å². The smallest absolute Gasteiger partial charge is 0.328 e. The summed E-state index contributed by atoms with van der Waals surface area (Å²) in [5.74, 6) is 2.84. The Labute approximate surface area is 219 Å².